The normalized spacial score (nSPS) is 11.6. The standard InChI is InChI=1S/C14H13ClFN3O2S2/c1-2-7-17-19(14-4-3-8-22-14)10-23(20,21)18-11-5-6-13(16)12(15)9-11/h2-9,18H,1,10H2. The van der Waals surface area contributed by atoms with E-state index in [4.69, 9.17) is 11.6 Å². The lowest BCUT2D eigenvalue weighted by Gasteiger charge is -2.17. The summed E-state index contributed by atoms with van der Waals surface area (Å²) in [6, 6.07) is 7.12. The molecule has 0 bridgehead atoms. The second kappa shape index (κ2) is 7.58. The first kappa shape index (κ1) is 17.5. The van der Waals surface area contributed by atoms with Crippen molar-refractivity contribution in [3.63, 3.8) is 0 Å². The maximum absolute atomic E-state index is 13.1. The Kier molecular flexibility index (Phi) is 5.75. The Morgan fingerprint density at radius 2 is 2.22 bits per heavy atom. The lowest BCUT2D eigenvalue weighted by atomic mass is 10.3. The number of halogens is 2. The van der Waals surface area contributed by atoms with Gasteiger partial charge in [-0.2, -0.15) is 5.10 Å². The minimum absolute atomic E-state index is 0.162. The predicted octanol–water partition coefficient (Wildman–Crippen LogP) is 3.92. The lowest BCUT2D eigenvalue weighted by molar-refractivity contribution is 0.599. The van der Waals surface area contributed by atoms with Crippen molar-refractivity contribution < 1.29 is 12.8 Å². The van der Waals surface area contributed by atoms with Gasteiger partial charge in [-0.05, 0) is 41.8 Å². The number of thiophene rings is 1. The molecule has 0 amide bonds. The molecule has 1 aromatic heterocycles. The molecule has 9 heteroatoms. The third-order valence-corrected chi connectivity index (χ3v) is 4.86. The number of benzene rings is 1. The van der Waals surface area contributed by atoms with Crippen LogP contribution in [0.15, 0.2) is 53.5 Å². The van der Waals surface area contributed by atoms with Gasteiger partial charge in [-0.15, -0.1) is 11.3 Å². The van der Waals surface area contributed by atoms with Crippen LogP contribution in [0.2, 0.25) is 5.02 Å². The van der Waals surface area contributed by atoms with Crippen LogP contribution in [0.4, 0.5) is 15.1 Å². The summed E-state index contributed by atoms with van der Waals surface area (Å²) in [6.45, 7) is 3.51. The zero-order valence-electron chi connectivity index (χ0n) is 11.8. The predicted molar refractivity (Wildman–Crippen MR) is 94.3 cm³/mol. The van der Waals surface area contributed by atoms with E-state index in [0.717, 1.165) is 6.07 Å². The molecule has 0 aliphatic carbocycles. The van der Waals surface area contributed by atoms with Crippen LogP contribution in [0, 0.1) is 5.82 Å². The van der Waals surface area contributed by atoms with E-state index in [1.54, 1.807) is 12.1 Å². The number of sulfonamides is 1. The van der Waals surface area contributed by atoms with Gasteiger partial charge in [-0.3, -0.25) is 4.72 Å². The van der Waals surface area contributed by atoms with Crippen molar-refractivity contribution in [3.05, 3.63) is 59.2 Å². The highest BCUT2D eigenvalue weighted by atomic mass is 35.5. The third-order valence-electron chi connectivity index (χ3n) is 2.56. The summed E-state index contributed by atoms with van der Waals surface area (Å²) in [4.78, 5) is 0. The van der Waals surface area contributed by atoms with Gasteiger partial charge in [-0.25, -0.2) is 17.8 Å². The van der Waals surface area contributed by atoms with E-state index < -0.39 is 21.7 Å². The van der Waals surface area contributed by atoms with Crippen LogP contribution < -0.4 is 9.73 Å². The van der Waals surface area contributed by atoms with Gasteiger partial charge in [-0.1, -0.05) is 18.2 Å². The summed E-state index contributed by atoms with van der Waals surface area (Å²) in [6.07, 6.45) is 2.84. The highest BCUT2D eigenvalue weighted by Crippen LogP contribution is 2.24. The number of nitrogens with one attached hydrogen (secondary N) is 1. The van der Waals surface area contributed by atoms with E-state index in [1.165, 1.54) is 40.8 Å². The van der Waals surface area contributed by atoms with E-state index in [-0.39, 0.29) is 10.7 Å². The van der Waals surface area contributed by atoms with Crippen molar-refractivity contribution in [3.8, 4) is 0 Å². The number of hydrogen-bond donors (Lipinski definition) is 1. The van der Waals surface area contributed by atoms with Crippen LogP contribution in [0.3, 0.4) is 0 Å². The van der Waals surface area contributed by atoms with Gasteiger partial charge in [0.1, 0.15) is 10.8 Å². The fourth-order valence-corrected chi connectivity index (χ4v) is 3.66. The number of allylic oxidation sites excluding steroid dienone is 1. The first-order chi connectivity index (χ1) is 10.9. The van der Waals surface area contributed by atoms with Gasteiger partial charge >= 0.3 is 0 Å². The molecule has 23 heavy (non-hydrogen) atoms. The SMILES string of the molecule is C=CC=NN(CS(=O)(=O)Nc1ccc(F)c(Cl)c1)c1cccs1. The van der Waals surface area contributed by atoms with Gasteiger partial charge in [0.05, 0.1) is 10.7 Å². The van der Waals surface area contributed by atoms with Crippen molar-refractivity contribution in [1.82, 2.24) is 0 Å². The minimum atomic E-state index is -3.77. The Morgan fingerprint density at radius 1 is 1.43 bits per heavy atom. The zero-order valence-corrected chi connectivity index (χ0v) is 14.2. The van der Waals surface area contributed by atoms with Gasteiger partial charge in [0.15, 0.2) is 5.88 Å². The highest BCUT2D eigenvalue weighted by molar-refractivity contribution is 7.92. The molecule has 122 valence electrons. The summed E-state index contributed by atoms with van der Waals surface area (Å²) in [5.41, 5.74) is 0.176. The van der Waals surface area contributed by atoms with Crippen LogP contribution in [0.25, 0.3) is 0 Å². The van der Waals surface area contributed by atoms with Crippen LogP contribution in [-0.2, 0) is 10.0 Å². The molecule has 0 fully saturated rings. The van der Waals surface area contributed by atoms with Crippen LogP contribution in [-0.4, -0.2) is 20.5 Å². The maximum atomic E-state index is 13.1. The lowest BCUT2D eigenvalue weighted by Crippen LogP contribution is -2.29. The molecule has 0 saturated heterocycles. The summed E-state index contributed by atoms with van der Waals surface area (Å²) in [5.74, 6) is -1.03. The van der Waals surface area contributed by atoms with Crippen LogP contribution in [0.5, 0.6) is 0 Å². The smallest absolute Gasteiger partial charge is 0.253 e. The van der Waals surface area contributed by atoms with Crippen molar-refractivity contribution in [2.24, 2.45) is 5.10 Å². The zero-order chi connectivity index (χ0) is 16.9. The second-order valence-corrected chi connectivity index (χ2v) is 7.35. The highest BCUT2D eigenvalue weighted by Gasteiger charge is 2.18. The average molecular weight is 374 g/mol. The molecular formula is C14H13ClFN3O2S2. The number of anilines is 2. The van der Waals surface area contributed by atoms with Gasteiger partial charge in [0, 0.05) is 6.21 Å². The molecule has 0 aliphatic rings. The van der Waals surface area contributed by atoms with Crippen molar-refractivity contribution in [2.45, 2.75) is 0 Å². The first-order valence-electron chi connectivity index (χ1n) is 6.33. The monoisotopic (exact) mass is 373 g/mol. The van der Waals surface area contributed by atoms with E-state index >= 15 is 0 Å². The molecule has 2 aromatic rings. The quantitative estimate of drug-likeness (QED) is 0.591. The molecule has 0 aliphatic heterocycles. The number of hydrazone groups is 1. The summed E-state index contributed by atoms with van der Waals surface area (Å²) < 4.78 is 40.0. The van der Waals surface area contributed by atoms with E-state index in [2.05, 4.69) is 16.4 Å². The summed E-state index contributed by atoms with van der Waals surface area (Å²) in [5, 5.41) is 7.66. The Balaban J connectivity index is 2.18. The molecule has 1 heterocycles. The Bertz CT molecular complexity index is 807. The third kappa shape index (κ3) is 5.05. The Morgan fingerprint density at radius 3 is 2.83 bits per heavy atom. The fourth-order valence-electron chi connectivity index (χ4n) is 1.63. The summed E-state index contributed by atoms with van der Waals surface area (Å²) in [7, 11) is -3.77. The molecule has 0 radical (unpaired) electrons. The molecule has 1 N–H and O–H groups in total. The Labute approximate surface area is 142 Å². The fraction of sp³-hybridized carbons (Fsp3) is 0.0714. The van der Waals surface area contributed by atoms with Gasteiger partial charge in [0.25, 0.3) is 10.0 Å². The molecule has 0 atom stereocenters. The Hall–Kier alpha value is -1.90. The summed E-state index contributed by atoms with van der Waals surface area (Å²) >= 11 is 6.99. The van der Waals surface area contributed by atoms with Crippen molar-refractivity contribution in [2.75, 3.05) is 15.6 Å². The van der Waals surface area contributed by atoms with Crippen LogP contribution in [0.1, 0.15) is 0 Å². The second-order valence-electron chi connectivity index (χ2n) is 4.33. The number of rotatable bonds is 7. The van der Waals surface area contributed by atoms with Gasteiger partial charge < -0.3 is 0 Å². The van der Waals surface area contributed by atoms with Crippen LogP contribution >= 0.6 is 22.9 Å². The topological polar surface area (TPSA) is 61.8 Å². The number of hydrogen-bond acceptors (Lipinski definition) is 5. The molecule has 0 spiro atoms. The molecule has 0 unspecified atom stereocenters. The first-order valence-corrected chi connectivity index (χ1v) is 9.24. The molecular weight excluding hydrogens is 361 g/mol. The molecule has 2 rings (SSSR count). The van der Waals surface area contributed by atoms with E-state index in [9.17, 15) is 12.8 Å². The van der Waals surface area contributed by atoms with Crippen molar-refractivity contribution in [1.29, 1.82) is 0 Å². The average Bonchev–Trinajstić information content (AvgIpc) is 3.01. The molecule has 0 saturated carbocycles. The minimum Gasteiger partial charge on any atom is -0.282 e. The maximum Gasteiger partial charge on any atom is 0.253 e. The molecule has 1 aromatic carbocycles. The van der Waals surface area contributed by atoms with E-state index in [0.29, 0.717) is 5.00 Å². The van der Waals surface area contributed by atoms with Crippen molar-refractivity contribution >= 4 is 49.9 Å². The van der Waals surface area contributed by atoms with Gasteiger partial charge in [0.2, 0.25) is 0 Å². The largest absolute Gasteiger partial charge is 0.282 e. The molecule has 5 nitrogen and oxygen atoms in total. The van der Waals surface area contributed by atoms with E-state index in [1.807, 2.05) is 5.38 Å². The number of nitrogens with zero attached hydrogens (tertiary/aromatic N) is 2.